The van der Waals surface area contributed by atoms with E-state index in [0.29, 0.717) is 19.5 Å². The number of carbonyl (C=O) groups excluding carboxylic acids is 1. The van der Waals surface area contributed by atoms with Crippen LogP contribution in [0.25, 0.3) is 0 Å². The first-order valence-electron chi connectivity index (χ1n) is 4.42. The quantitative estimate of drug-likeness (QED) is 0.573. The Bertz CT molecular complexity index is 337. The van der Waals surface area contributed by atoms with E-state index in [4.69, 9.17) is 5.73 Å². The molecule has 0 saturated heterocycles. The molecule has 1 heterocycles. The standard InChI is InChI=1S/C10H14N2O2/c1-7-5-12-9(3-4-14-6-13)8(2)10(7)11/h5-6H,3-4H2,1-2H3,(H2,11,12). The fourth-order valence-electron chi connectivity index (χ4n) is 1.25. The minimum absolute atomic E-state index is 0.347. The maximum absolute atomic E-state index is 9.93. The molecule has 0 radical (unpaired) electrons. The molecule has 0 aliphatic carbocycles. The zero-order chi connectivity index (χ0) is 10.6. The van der Waals surface area contributed by atoms with E-state index < -0.39 is 0 Å². The average molecular weight is 194 g/mol. The van der Waals surface area contributed by atoms with Crippen LogP contribution in [0, 0.1) is 13.8 Å². The lowest BCUT2D eigenvalue weighted by Crippen LogP contribution is -2.05. The highest BCUT2D eigenvalue weighted by molar-refractivity contribution is 5.53. The zero-order valence-corrected chi connectivity index (χ0v) is 8.41. The first-order chi connectivity index (χ1) is 6.66. The van der Waals surface area contributed by atoms with E-state index >= 15 is 0 Å². The van der Waals surface area contributed by atoms with Crippen molar-refractivity contribution in [1.82, 2.24) is 4.98 Å². The molecule has 1 rings (SSSR count). The lowest BCUT2D eigenvalue weighted by atomic mass is 10.1. The number of aryl methyl sites for hydroxylation is 1. The molecular formula is C10H14N2O2. The average Bonchev–Trinajstić information content (AvgIpc) is 2.18. The summed E-state index contributed by atoms with van der Waals surface area (Å²) in [6.45, 7) is 4.62. The van der Waals surface area contributed by atoms with Crippen LogP contribution in [0.1, 0.15) is 16.8 Å². The third-order valence-corrected chi connectivity index (χ3v) is 2.20. The Morgan fingerprint density at radius 1 is 1.57 bits per heavy atom. The van der Waals surface area contributed by atoms with Gasteiger partial charge < -0.3 is 10.5 Å². The predicted octanol–water partition coefficient (Wildman–Crippen LogP) is 0.996. The van der Waals surface area contributed by atoms with Gasteiger partial charge in [-0.05, 0) is 25.0 Å². The molecule has 0 bridgehead atoms. The summed E-state index contributed by atoms with van der Waals surface area (Å²) < 4.78 is 4.60. The summed E-state index contributed by atoms with van der Waals surface area (Å²) in [5.74, 6) is 0. The monoisotopic (exact) mass is 194 g/mol. The van der Waals surface area contributed by atoms with Gasteiger partial charge in [-0.3, -0.25) is 9.78 Å². The molecule has 0 unspecified atom stereocenters. The Balaban J connectivity index is 2.78. The highest BCUT2D eigenvalue weighted by Crippen LogP contribution is 2.17. The number of nitrogen functional groups attached to an aromatic ring is 1. The molecule has 0 fully saturated rings. The molecule has 4 heteroatoms. The Morgan fingerprint density at radius 2 is 2.29 bits per heavy atom. The van der Waals surface area contributed by atoms with E-state index in [0.717, 1.165) is 22.5 Å². The summed E-state index contributed by atoms with van der Waals surface area (Å²) >= 11 is 0. The number of carbonyl (C=O) groups is 1. The van der Waals surface area contributed by atoms with Crippen LogP contribution in [-0.2, 0) is 16.0 Å². The van der Waals surface area contributed by atoms with Crippen LogP contribution in [0.2, 0.25) is 0 Å². The first kappa shape index (κ1) is 10.5. The van der Waals surface area contributed by atoms with Crippen LogP contribution in [0.3, 0.4) is 0 Å². The number of hydrogen-bond acceptors (Lipinski definition) is 4. The van der Waals surface area contributed by atoms with Crippen molar-refractivity contribution >= 4 is 12.2 Å². The summed E-state index contributed by atoms with van der Waals surface area (Å²) in [5.41, 5.74) is 9.43. The second-order valence-corrected chi connectivity index (χ2v) is 3.14. The molecule has 1 aromatic heterocycles. The molecule has 1 aromatic rings. The van der Waals surface area contributed by atoms with Gasteiger partial charge in [0, 0.05) is 24.0 Å². The SMILES string of the molecule is Cc1cnc(CCOC=O)c(C)c1N. The van der Waals surface area contributed by atoms with Crippen LogP contribution in [0.4, 0.5) is 5.69 Å². The molecule has 0 aromatic carbocycles. The second kappa shape index (κ2) is 4.60. The van der Waals surface area contributed by atoms with Gasteiger partial charge in [-0.1, -0.05) is 0 Å². The summed E-state index contributed by atoms with van der Waals surface area (Å²) in [5, 5.41) is 0. The zero-order valence-electron chi connectivity index (χ0n) is 8.41. The van der Waals surface area contributed by atoms with E-state index in [9.17, 15) is 4.79 Å². The lowest BCUT2D eigenvalue weighted by Gasteiger charge is -2.08. The van der Waals surface area contributed by atoms with Crippen molar-refractivity contribution < 1.29 is 9.53 Å². The van der Waals surface area contributed by atoms with Gasteiger partial charge in [-0.15, -0.1) is 0 Å². The maximum Gasteiger partial charge on any atom is 0.293 e. The Kier molecular flexibility index (Phi) is 3.45. The van der Waals surface area contributed by atoms with Crippen LogP contribution >= 0.6 is 0 Å². The first-order valence-corrected chi connectivity index (χ1v) is 4.42. The summed E-state index contributed by atoms with van der Waals surface area (Å²) in [7, 11) is 0. The van der Waals surface area contributed by atoms with Crippen LogP contribution < -0.4 is 5.73 Å². The number of ether oxygens (including phenoxy) is 1. The number of pyridine rings is 1. The number of rotatable bonds is 4. The van der Waals surface area contributed by atoms with E-state index in [1.165, 1.54) is 0 Å². The van der Waals surface area contributed by atoms with Gasteiger partial charge in [0.2, 0.25) is 0 Å². The molecule has 0 aliphatic heterocycles. The van der Waals surface area contributed by atoms with Crippen molar-refractivity contribution in [2.45, 2.75) is 20.3 Å². The molecule has 4 nitrogen and oxygen atoms in total. The summed E-state index contributed by atoms with van der Waals surface area (Å²) in [6.07, 6.45) is 2.34. The Labute approximate surface area is 83.1 Å². The largest absolute Gasteiger partial charge is 0.467 e. The molecule has 0 saturated carbocycles. The topological polar surface area (TPSA) is 65.2 Å². The van der Waals surface area contributed by atoms with Crippen molar-refractivity contribution in [3.63, 3.8) is 0 Å². The fraction of sp³-hybridized carbons (Fsp3) is 0.400. The molecule has 0 atom stereocenters. The lowest BCUT2D eigenvalue weighted by molar-refractivity contribution is -0.128. The molecule has 0 aliphatic rings. The number of nitrogens with two attached hydrogens (primary N) is 1. The molecule has 0 amide bonds. The Hall–Kier alpha value is -1.58. The van der Waals surface area contributed by atoms with Gasteiger partial charge in [-0.25, -0.2) is 0 Å². The van der Waals surface area contributed by atoms with Crippen molar-refractivity contribution in [2.24, 2.45) is 0 Å². The highest BCUT2D eigenvalue weighted by Gasteiger charge is 2.05. The number of aromatic nitrogens is 1. The smallest absolute Gasteiger partial charge is 0.293 e. The Morgan fingerprint density at radius 3 is 2.93 bits per heavy atom. The van der Waals surface area contributed by atoms with Gasteiger partial charge in [0.1, 0.15) is 0 Å². The minimum atomic E-state index is 0.347. The van der Waals surface area contributed by atoms with E-state index in [2.05, 4.69) is 9.72 Å². The van der Waals surface area contributed by atoms with Crippen LogP contribution in [0.5, 0.6) is 0 Å². The van der Waals surface area contributed by atoms with Gasteiger partial charge in [0.15, 0.2) is 0 Å². The maximum atomic E-state index is 9.93. The van der Waals surface area contributed by atoms with Crippen LogP contribution in [-0.4, -0.2) is 18.1 Å². The van der Waals surface area contributed by atoms with Gasteiger partial charge in [0.25, 0.3) is 6.47 Å². The summed E-state index contributed by atoms with van der Waals surface area (Å²) in [6, 6.07) is 0. The van der Waals surface area contributed by atoms with Gasteiger partial charge >= 0.3 is 0 Å². The third-order valence-electron chi connectivity index (χ3n) is 2.20. The molecule has 14 heavy (non-hydrogen) atoms. The summed E-state index contributed by atoms with van der Waals surface area (Å²) in [4.78, 5) is 14.2. The minimum Gasteiger partial charge on any atom is -0.467 e. The second-order valence-electron chi connectivity index (χ2n) is 3.14. The molecule has 76 valence electrons. The van der Waals surface area contributed by atoms with E-state index in [1.54, 1.807) is 6.20 Å². The number of hydrogen-bond donors (Lipinski definition) is 1. The van der Waals surface area contributed by atoms with Gasteiger partial charge in [0.05, 0.1) is 6.61 Å². The molecule has 0 spiro atoms. The van der Waals surface area contributed by atoms with Crippen molar-refractivity contribution in [3.8, 4) is 0 Å². The number of anilines is 1. The van der Waals surface area contributed by atoms with Crippen LogP contribution in [0.15, 0.2) is 6.20 Å². The van der Waals surface area contributed by atoms with Crippen molar-refractivity contribution in [1.29, 1.82) is 0 Å². The third kappa shape index (κ3) is 2.22. The fourth-order valence-corrected chi connectivity index (χ4v) is 1.25. The number of nitrogens with zero attached hydrogens (tertiary/aromatic N) is 1. The normalized spacial score (nSPS) is 9.86. The molecule has 2 N–H and O–H groups in total. The van der Waals surface area contributed by atoms with E-state index in [1.807, 2.05) is 13.8 Å². The highest BCUT2D eigenvalue weighted by atomic mass is 16.5. The van der Waals surface area contributed by atoms with Crippen molar-refractivity contribution in [3.05, 3.63) is 23.0 Å². The predicted molar refractivity (Wildman–Crippen MR) is 53.8 cm³/mol. The molecular weight excluding hydrogens is 180 g/mol. The van der Waals surface area contributed by atoms with E-state index in [-0.39, 0.29) is 0 Å². The van der Waals surface area contributed by atoms with Gasteiger partial charge in [-0.2, -0.15) is 0 Å². The van der Waals surface area contributed by atoms with Crippen molar-refractivity contribution in [2.75, 3.05) is 12.3 Å².